The van der Waals surface area contributed by atoms with Crippen LogP contribution in [0.4, 0.5) is 9.59 Å². The average molecular weight is 1570 g/mol. The number of aromatic hydroxyl groups is 1. The van der Waals surface area contributed by atoms with Gasteiger partial charge in [-0.1, -0.05) is 195 Å². The highest BCUT2D eigenvalue weighted by atomic mass is 16.6. The molecule has 0 radical (unpaired) electrons. The van der Waals surface area contributed by atoms with Crippen molar-refractivity contribution in [2.45, 2.75) is 138 Å². The number of aliphatic carboxylic acids is 1. The van der Waals surface area contributed by atoms with E-state index >= 15 is 9.59 Å². The maximum Gasteiger partial charge on any atom is 0.407 e. The van der Waals surface area contributed by atoms with E-state index in [0.29, 0.717) is 17.5 Å². The third kappa shape index (κ3) is 24.7. The zero-order chi connectivity index (χ0) is 81.8. The van der Waals surface area contributed by atoms with Crippen molar-refractivity contribution in [2.75, 3.05) is 39.4 Å². The van der Waals surface area contributed by atoms with E-state index in [1.54, 1.807) is 48.5 Å². The largest absolute Gasteiger partial charge is 0.617 e. The predicted molar refractivity (Wildman–Crippen MR) is 431 cm³/mol. The summed E-state index contributed by atoms with van der Waals surface area (Å²) in [6.45, 7) is -0.589. The van der Waals surface area contributed by atoms with Gasteiger partial charge in [0.05, 0.1) is 12.6 Å². The van der Waals surface area contributed by atoms with Crippen LogP contribution in [0.25, 0.3) is 38.3 Å². The van der Waals surface area contributed by atoms with E-state index in [9.17, 15) is 53.4 Å². The van der Waals surface area contributed by atoms with Crippen molar-refractivity contribution < 1.29 is 72.4 Å². The molecular weight excluding hydrogens is 1470 g/mol. The van der Waals surface area contributed by atoms with Crippen LogP contribution in [-0.4, -0.2) is 163 Å². The van der Waals surface area contributed by atoms with Gasteiger partial charge in [-0.05, 0) is 135 Å². The second-order valence-corrected chi connectivity index (χ2v) is 28.4. The van der Waals surface area contributed by atoms with Gasteiger partial charge in [-0.3, -0.25) is 53.4 Å². The van der Waals surface area contributed by atoms with Crippen LogP contribution >= 0.6 is 0 Å². The molecule has 115 heavy (non-hydrogen) atoms. The summed E-state index contributed by atoms with van der Waals surface area (Å²) in [6.07, 6.45) is -2.07. The number of ether oxygens (including phenoxy) is 2. The Hall–Kier alpha value is -13.2. The highest BCUT2D eigenvalue weighted by Gasteiger charge is 2.35. The van der Waals surface area contributed by atoms with Crippen LogP contribution in [0.2, 0.25) is 0 Å². The van der Waals surface area contributed by atoms with Crippen LogP contribution in [0, 0.1) is 5.41 Å². The molecule has 2 aliphatic carbocycles. The van der Waals surface area contributed by atoms with E-state index in [1.807, 2.05) is 133 Å². The van der Waals surface area contributed by atoms with Crippen molar-refractivity contribution in [3.05, 3.63) is 238 Å². The van der Waals surface area contributed by atoms with E-state index in [0.717, 1.165) is 60.8 Å². The summed E-state index contributed by atoms with van der Waals surface area (Å²) >= 11 is 0. The van der Waals surface area contributed by atoms with Crippen LogP contribution in [0.5, 0.6) is 5.75 Å². The third-order valence-electron chi connectivity index (χ3n) is 20.2. The Bertz CT molecular complexity index is 4690. The van der Waals surface area contributed by atoms with Gasteiger partial charge in [0.1, 0.15) is 55.2 Å². The minimum Gasteiger partial charge on any atom is -0.617 e. The van der Waals surface area contributed by atoms with Crippen LogP contribution in [-0.2, 0) is 71.9 Å². The van der Waals surface area contributed by atoms with Gasteiger partial charge in [0.25, 0.3) is 0 Å². The molecule has 602 valence electrons. The number of carboxylic acids is 1. The number of fused-ring (bicyclic) bond motifs is 7. The molecule has 7 atom stereocenters. The highest BCUT2D eigenvalue weighted by molar-refractivity contribution is 5.98. The molecule has 10 amide bonds. The van der Waals surface area contributed by atoms with E-state index in [2.05, 4.69) is 53.2 Å². The summed E-state index contributed by atoms with van der Waals surface area (Å²) < 4.78 is 11.3. The van der Waals surface area contributed by atoms with Crippen molar-refractivity contribution in [2.24, 2.45) is 17.2 Å². The van der Waals surface area contributed by atoms with Crippen molar-refractivity contribution in [3.8, 4) is 28.0 Å². The number of alkyl carbamates (subject to hydrolysis) is 1. The number of hydrogen-bond donors (Lipinski definition) is 15. The van der Waals surface area contributed by atoms with Crippen molar-refractivity contribution >= 4 is 82.1 Å². The predicted octanol–water partition coefficient (Wildman–Crippen LogP) is 6.74. The number of unbranched alkanes of at least 4 members (excludes halogenated alkanes) is 2. The molecule has 0 unspecified atom stereocenters. The monoisotopic (exact) mass is 1570 g/mol. The Kier molecular flexibility index (Phi) is 30.7. The van der Waals surface area contributed by atoms with Gasteiger partial charge in [0.15, 0.2) is 5.96 Å². The number of hydrogen-bond acceptors (Lipinski definition) is 16. The molecule has 18 N–H and O–H groups in total. The van der Waals surface area contributed by atoms with Gasteiger partial charge in [-0.15, -0.1) is 6.54 Å². The number of phenols is 1. The molecule has 10 rings (SSSR count). The van der Waals surface area contributed by atoms with E-state index in [1.165, 1.54) is 12.1 Å². The normalized spacial score (nSPS) is 13.6. The quantitative estimate of drug-likeness (QED) is 0.0107. The highest BCUT2D eigenvalue weighted by Crippen LogP contribution is 2.46. The van der Waals surface area contributed by atoms with E-state index < -0.39 is 127 Å². The minimum absolute atomic E-state index is 0.00707. The molecule has 8 aromatic rings. The van der Waals surface area contributed by atoms with E-state index in [4.69, 9.17) is 32.1 Å². The fourth-order valence-corrected chi connectivity index (χ4v) is 14.2. The molecule has 0 fully saturated rings. The molecule has 0 bridgehead atoms. The maximum absolute atomic E-state index is 15.1. The Morgan fingerprint density at radius 2 is 0.878 bits per heavy atom. The lowest BCUT2D eigenvalue weighted by molar-refractivity contribution is -0.138. The number of nitrogens with two attached hydrogens (primary N) is 3. The number of phenolic OH excluding ortho intramolecular Hbond substituents is 1. The SMILES string of the molecule is N=C(N)NCCC[C@@H](NC(=O)[C@H](CCCC[N-]C(=O)OCC1c2ccccc2-c2ccccc21)NC(=O)[C@H](Cc1ccc(O)cc1)NC(=O)[C@@H](N)Cc1ccccc1)C(=O)N[C@@H](Cc1ccc2ccccc2c1)C(=O)NCC(=O)N[C@H](CCC(=O)O)C(=O)N[C@@H](CCCCNC(=O)OCC1c2ccccc2-c2ccccc21)C(N)=O. The Balaban J connectivity index is 0.808. The standard InChI is InChI=1S/C86H98N14O15/c87-68(46-52-19-2-1-3-20-52)78(106)99-74(47-53-35-38-57(101)39-36-53)83(111)98-70(32-15-17-43-93-86(113)115-51-67-64-29-12-8-25-60(64)61-26-9-13-30-65(61)67)80(108)97-71(33-18-44-91-84(89)90)81(109)100-73(48-54-34-37-55-21-4-5-22-56(55)45-54)79(107)94-49-75(102)95-72(40-41-76(103)104)82(110)96-69(77(88)105)31-14-16-42-92-85(112)114-50-66-62-27-10-6-23-58(62)59-24-7-11-28-63(59)66/h1-13,19-30,34-39,45,66-74H,14-18,31-33,40-44,46-51,87H2,(H17,88,89,90,91,92,93,94,95,96,97,98,99,100,101,102,103,104,105,106,107,108,109,110,111,112,113)/p-1/t68-,69-,70-,71+,72+,73-,74-/m0/s1. The van der Waals surface area contributed by atoms with Crippen LogP contribution in [0.3, 0.4) is 0 Å². The topological polar surface area (TPSA) is 471 Å². The molecule has 29 nitrogen and oxygen atoms in total. The number of nitrogens with zero attached hydrogens (tertiary/aromatic N) is 1. The van der Waals surface area contributed by atoms with Crippen LogP contribution in [0.1, 0.15) is 115 Å². The third-order valence-corrected chi connectivity index (χ3v) is 20.2. The fourth-order valence-electron chi connectivity index (χ4n) is 14.2. The van der Waals surface area contributed by atoms with Crippen molar-refractivity contribution in [3.63, 3.8) is 0 Å². The smallest absolute Gasteiger partial charge is 0.407 e. The van der Waals surface area contributed by atoms with Gasteiger partial charge in [-0.25, -0.2) is 4.79 Å². The number of carbonyl (C=O) groups excluding carboxylic acids is 10. The van der Waals surface area contributed by atoms with Crippen LogP contribution in [0.15, 0.2) is 194 Å². The molecule has 8 aromatic carbocycles. The van der Waals surface area contributed by atoms with Gasteiger partial charge < -0.3 is 90.1 Å². The second kappa shape index (κ2) is 41.9. The number of amides is 10. The van der Waals surface area contributed by atoms with Gasteiger partial charge in [0, 0.05) is 44.2 Å². The Morgan fingerprint density at radius 3 is 1.46 bits per heavy atom. The Labute approximate surface area is 665 Å². The van der Waals surface area contributed by atoms with Gasteiger partial charge in [-0.2, -0.15) is 0 Å². The molecule has 29 heteroatoms. The molecule has 0 heterocycles. The zero-order valence-electron chi connectivity index (χ0n) is 63.5. The average Bonchev–Trinajstić information content (AvgIpc) is 1.62. The number of primary amides is 1. The van der Waals surface area contributed by atoms with Crippen LogP contribution < -0.4 is 65.1 Å². The molecule has 0 aliphatic heterocycles. The first-order valence-corrected chi connectivity index (χ1v) is 38.4. The van der Waals surface area contributed by atoms with Gasteiger partial charge in [0.2, 0.25) is 53.4 Å². The maximum atomic E-state index is 15.1. The second-order valence-electron chi connectivity index (χ2n) is 28.4. The lowest BCUT2D eigenvalue weighted by atomic mass is 9.98. The number of benzene rings is 8. The molecule has 0 saturated carbocycles. The molecular formula is C86H97N14O15-. The molecule has 0 aromatic heterocycles. The number of carboxylic acid groups (broad SMARTS) is 1. The Morgan fingerprint density at radius 1 is 0.426 bits per heavy atom. The lowest BCUT2D eigenvalue weighted by Gasteiger charge is -2.27. The van der Waals surface area contributed by atoms with Crippen molar-refractivity contribution in [1.29, 1.82) is 5.41 Å². The lowest BCUT2D eigenvalue weighted by Crippen LogP contribution is -2.59. The van der Waals surface area contributed by atoms with Crippen molar-refractivity contribution in [1.82, 2.24) is 47.9 Å². The van der Waals surface area contributed by atoms with Gasteiger partial charge >= 0.3 is 12.1 Å². The first kappa shape index (κ1) is 84.3. The summed E-state index contributed by atoms with van der Waals surface area (Å²) in [6, 6.07) is 49.3. The summed E-state index contributed by atoms with van der Waals surface area (Å²) in [5.74, 6) is -9.29. The number of nitrogens with one attached hydrogen (secondary N) is 10. The number of carbonyl (C=O) groups is 11. The summed E-state index contributed by atoms with van der Waals surface area (Å²) in [5.41, 5.74) is 28.0. The van der Waals surface area contributed by atoms with E-state index in [-0.39, 0.29) is 121 Å². The summed E-state index contributed by atoms with van der Waals surface area (Å²) in [5, 5.41) is 57.3. The first-order chi connectivity index (χ1) is 55.5. The molecule has 2 aliphatic rings. The minimum atomic E-state index is -1.57. The molecule has 0 saturated heterocycles. The summed E-state index contributed by atoms with van der Waals surface area (Å²) in [4.78, 5) is 152. The molecule has 0 spiro atoms. The number of rotatable bonds is 42. The zero-order valence-corrected chi connectivity index (χ0v) is 63.5. The fraction of sp³-hybridized carbons (Fsp3) is 0.326. The number of guanidine groups is 1. The summed E-state index contributed by atoms with van der Waals surface area (Å²) in [7, 11) is 0. The first-order valence-electron chi connectivity index (χ1n) is 38.4.